The minimum atomic E-state index is -0.225. The molecule has 1 saturated heterocycles. The van der Waals surface area contributed by atoms with Gasteiger partial charge in [-0.3, -0.25) is 9.59 Å². The number of imidazole rings is 1. The monoisotopic (exact) mass is 449 g/mol. The van der Waals surface area contributed by atoms with E-state index < -0.39 is 0 Å². The quantitative estimate of drug-likeness (QED) is 0.620. The second-order valence-electron chi connectivity index (χ2n) is 7.93. The van der Waals surface area contributed by atoms with Crippen LogP contribution in [0, 0.1) is 0 Å². The summed E-state index contributed by atoms with van der Waals surface area (Å²) in [7, 11) is 4.80. The first kappa shape index (κ1) is 22.3. The summed E-state index contributed by atoms with van der Waals surface area (Å²) < 4.78 is 12.2. The standard InChI is InChI=1S/C24H27N5O4/c1-28-12-10-25-21(28)22(30)27-19-9-11-29(15-18(19)16-7-5-4-6-8-16)24(31)17-13-20(32-2)23(33-3)26-14-17/h4-8,10,12-14,18-19H,9,11,15H2,1-3H3,(H,27,30)/t18-,19-/m1/s1. The second kappa shape index (κ2) is 9.72. The first-order chi connectivity index (χ1) is 16.0. The molecule has 33 heavy (non-hydrogen) atoms. The fourth-order valence-corrected chi connectivity index (χ4v) is 4.20. The lowest BCUT2D eigenvalue weighted by atomic mass is 9.85. The van der Waals surface area contributed by atoms with Crippen molar-refractivity contribution in [2.24, 2.45) is 7.05 Å². The Hall–Kier alpha value is -3.88. The summed E-state index contributed by atoms with van der Waals surface area (Å²) in [5, 5.41) is 3.13. The van der Waals surface area contributed by atoms with Gasteiger partial charge in [-0.2, -0.15) is 0 Å². The van der Waals surface area contributed by atoms with Gasteiger partial charge in [0.05, 0.1) is 19.8 Å². The molecule has 0 aliphatic carbocycles. The number of ether oxygens (including phenoxy) is 2. The van der Waals surface area contributed by atoms with Gasteiger partial charge >= 0.3 is 0 Å². The zero-order valence-corrected chi connectivity index (χ0v) is 18.9. The molecule has 1 aliphatic rings. The van der Waals surface area contributed by atoms with Crippen molar-refractivity contribution in [2.45, 2.75) is 18.4 Å². The third-order valence-electron chi connectivity index (χ3n) is 5.95. The molecular formula is C24H27N5O4. The number of carbonyl (C=O) groups excluding carboxylic acids is 2. The number of rotatable bonds is 6. The Morgan fingerprint density at radius 3 is 2.58 bits per heavy atom. The van der Waals surface area contributed by atoms with Crippen LogP contribution in [-0.2, 0) is 7.05 Å². The van der Waals surface area contributed by atoms with E-state index in [2.05, 4.69) is 15.3 Å². The van der Waals surface area contributed by atoms with Gasteiger partial charge in [-0.25, -0.2) is 9.97 Å². The Morgan fingerprint density at radius 1 is 1.12 bits per heavy atom. The fraction of sp³-hybridized carbons (Fsp3) is 0.333. The number of hydrogen-bond donors (Lipinski definition) is 1. The van der Waals surface area contributed by atoms with Crippen molar-refractivity contribution in [2.75, 3.05) is 27.3 Å². The highest BCUT2D eigenvalue weighted by Crippen LogP contribution is 2.30. The minimum Gasteiger partial charge on any atom is -0.491 e. The van der Waals surface area contributed by atoms with E-state index in [1.54, 1.807) is 35.0 Å². The molecule has 1 fully saturated rings. The molecule has 2 amide bonds. The molecule has 3 heterocycles. The predicted molar refractivity (Wildman–Crippen MR) is 122 cm³/mol. The average molecular weight is 450 g/mol. The molecule has 0 saturated carbocycles. The van der Waals surface area contributed by atoms with Crippen LogP contribution in [-0.4, -0.2) is 64.6 Å². The van der Waals surface area contributed by atoms with Crippen molar-refractivity contribution < 1.29 is 19.1 Å². The lowest BCUT2D eigenvalue weighted by molar-refractivity contribution is 0.0669. The number of pyridine rings is 1. The van der Waals surface area contributed by atoms with Gasteiger partial charge in [0.25, 0.3) is 17.7 Å². The van der Waals surface area contributed by atoms with Gasteiger partial charge in [0.1, 0.15) is 0 Å². The molecule has 9 heteroatoms. The summed E-state index contributed by atoms with van der Waals surface area (Å²) in [4.78, 5) is 36.3. The van der Waals surface area contributed by atoms with Crippen LogP contribution in [0.4, 0.5) is 0 Å². The molecule has 9 nitrogen and oxygen atoms in total. The summed E-state index contributed by atoms with van der Waals surface area (Å²) >= 11 is 0. The van der Waals surface area contributed by atoms with E-state index in [4.69, 9.17) is 9.47 Å². The van der Waals surface area contributed by atoms with Crippen molar-refractivity contribution in [1.82, 2.24) is 24.8 Å². The van der Waals surface area contributed by atoms with Crippen LogP contribution in [0.1, 0.15) is 38.9 Å². The lowest BCUT2D eigenvalue weighted by Gasteiger charge is -2.39. The smallest absolute Gasteiger partial charge is 0.287 e. The number of carbonyl (C=O) groups is 2. The lowest BCUT2D eigenvalue weighted by Crippen LogP contribution is -2.51. The Morgan fingerprint density at radius 2 is 1.91 bits per heavy atom. The van der Waals surface area contributed by atoms with Crippen LogP contribution in [0.3, 0.4) is 0 Å². The number of hydrogen-bond acceptors (Lipinski definition) is 6. The molecule has 172 valence electrons. The Kier molecular flexibility index (Phi) is 6.58. The van der Waals surface area contributed by atoms with Crippen molar-refractivity contribution >= 4 is 11.8 Å². The molecule has 1 aromatic carbocycles. The van der Waals surface area contributed by atoms with Crippen LogP contribution in [0.2, 0.25) is 0 Å². The van der Waals surface area contributed by atoms with E-state index in [9.17, 15) is 9.59 Å². The number of amides is 2. The van der Waals surface area contributed by atoms with Gasteiger partial charge in [0.15, 0.2) is 11.6 Å². The molecular weight excluding hydrogens is 422 g/mol. The number of likely N-dealkylation sites (tertiary alicyclic amines) is 1. The van der Waals surface area contributed by atoms with Crippen LogP contribution < -0.4 is 14.8 Å². The van der Waals surface area contributed by atoms with Crippen molar-refractivity contribution in [3.05, 3.63) is 71.9 Å². The summed E-state index contributed by atoms with van der Waals surface area (Å²) in [6.45, 7) is 0.963. The zero-order chi connectivity index (χ0) is 23.4. The summed E-state index contributed by atoms with van der Waals surface area (Å²) in [5.41, 5.74) is 1.49. The number of nitrogens with zero attached hydrogens (tertiary/aromatic N) is 4. The van der Waals surface area contributed by atoms with Gasteiger partial charge in [0.2, 0.25) is 0 Å². The molecule has 2 aromatic heterocycles. The van der Waals surface area contributed by atoms with Gasteiger partial charge < -0.3 is 24.3 Å². The molecule has 0 radical (unpaired) electrons. The molecule has 0 unspecified atom stereocenters. The van der Waals surface area contributed by atoms with Crippen LogP contribution >= 0.6 is 0 Å². The van der Waals surface area contributed by atoms with Gasteiger partial charge in [-0.15, -0.1) is 0 Å². The Labute approximate surface area is 192 Å². The van der Waals surface area contributed by atoms with E-state index >= 15 is 0 Å². The maximum Gasteiger partial charge on any atom is 0.287 e. The molecule has 4 rings (SSSR count). The number of aryl methyl sites for hydroxylation is 1. The third kappa shape index (κ3) is 4.67. The summed E-state index contributed by atoms with van der Waals surface area (Å²) in [5.74, 6) is 0.653. The number of aromatic nitrogens is 3. The van der Waals surface area contributed by atoms with Crippen LogP contribution in [0.25, 0.3) is 0 Å². The minimum absolute atomic E-state index is 0.0683. The number of piperidine rings is 1. The number of methoxy groups -OCH3 is 2. The van der Waals surface area contributed by atoms with Crippen LogP contribution in [0.5, 0.6) is 11.6 Å². The van der Waals surface area contributed by atoms with E-state index in [1.165, 1.54) is 20.4 Å². The maximum atomic E-state index is 13.3. The summed E-state index contributed by atoms with van der Waals surface area (Å²) in [6, 6.07) is 11.4. The number of nitrogens with one attached hydrogen (secondary N) is 1. The van der Waals surface area contributed by atoms with Crippen LogP contribution in [0.15, 0.2) is 55.0 Å². The predicted octanol–water partition coefficient (Wildman–Crippen LogP) is 2.26. The second-order valence-corrected chi connectivity index (χ2v) is 7.93. The number of benzene rings is 1. The molecule has 2 atom stereocenters. The Bertz CT molecular complexity index is 1130. The van der Waals surface area contributed by atoms with Gasteiger partial charge in [-0.05, 0) is 12.0 Å². The highest BCUT2D eigenvalue weighted by molar-refractivity contribution is 5.95. The Balaban J connectivity index is 1.56. The maximum absolute atomic E-state index is 13.3. The molecule has 0 bridgehead atoms. The van der Waals surface area contributed by atoms with Crippen molar-refractivity contribution in [1.29, 1.82) is 0 Å². The van der Waals surface area contributed by atoms with Crippen molar-refractivity contribution in [3.8, 4) is 11.6 Å². The van der Waals surface area contributed by atoms with E-state index in [-0.39, 0.29) is 23.8 Å². The van der Waals surface area contributed by atoms with E-state index in [0.29, 0.717) is 42.5 Å². The first-order valence-corrected chi connectivity index (χ1v) is 10.7. The highest BCUT2D eigenvalue weighted by atomic mass is 16.5. The fourth-order valence-electron chi connectivity index (χ4n) is 4.20. The SMILES string of the molecule is COc1cc(C(=O)N2CC[C@@H](NC(=O)c3nccn3C)[C@@H](c3ccccc3)C2)cnc1OC. The molecule has 1 N–H and O–H groups in total. The van der Waals surface area contributed by atoms with E-state index in [1.807, 2.05) is 30.3 Å². The van der Waals surface area contributed by atoms with Gasteiger partial charge in [0, 0.05) is 56.8 Å². The van der Waals surface area contributed by atoms with Gasteiger partial charge in [-0.1, -0.05) is 30.3 Å². The summed E-state index contributed by atoms with van der Waals surface area (Å²) in [6.07, 6.45) is 5.45. The molecule has 0 spiro atoms. The largest absolute Gasteiger partial charge is 0.491 e. The normalized spacial score (nSPS) is 18.0. The van der Waals surface area contributed by atoms with Crippen molar-refractivity contribution in [3.63, 3.8) is 0 Å². The highest BCUT2D eigenvalue weighted by Gasteiger charge is 2.34. The molecule has 1 aliphatic heterocycles. The first-order valence-electron chi connectivity index (χ1n) is 10.7. The molecule has 3 aromatic rings. The topological polar surface area (TPSA) is 98.6 Å². The zero-order valence-electron chi connectivity index (χ0n) is 18.9. The average Bonchev–Trinajstić information content (AvgIpc) is 3.29. The third-order valence-corrected chi connectivity index (χ3v) is 5.95. The van der Waals surface area contributed by atoms with E-state index in [0.717, 1.165) is 5.56 Å².